The largest absolute Gasteiger partial charge is 0.399 e. The number of nitrogens with one attached hydrogen (secondary N) is 1. The number of nitrogens with two attached hydrogens (primary N) is 1. The molecule has 0 radical (unpaired) electrons. The Bertz CT molecular complexity index is 722. The van der Waals surface area contributed by atoms with Crippen LogP contribution in [0.3, 0.4) is 0 Å². The van der Waals surface area contributed by atoms with Crippen LogP contribution in [0.4, 0.5) is 11.4 Å². The lowest BCUT2D eigenvalue weighted by atomic mass is 10.1. The van der Waals surface area contributed by atoms with E-state index in [1.54, 1.807) is 29.2 Å². The molecular formula is C20H25N3O2. The van der Waals surface area contributed by atoms with Crippen LogP contribution in [-0.4, -0.2) is 29.8 Å². The Morgan fingerprint density at radius 3 is 2.32 bits per heavy atom. The Morgan fingerprint density at radius 1 is 1.04 bits per heavy atom. The Balaban J connectivity index is 1.90. The lowest BCUT2D eigenvalue weighted by molar-refractivity contribution is -0.116. The summed E-state index contributed by atoms with van der Waals surface area (Å²) in [4.78, 5) is 26.1. The van der Waals surface area contributed by atoms with E-state index in [1.165, 1.54) is 0 Å². The zero-order valence-electron chi connectivity index (χ0n) is 14.8. The summed E-state index contributed by atoms with van der Waals surface area (Å²) in [7, 11) is 0. The molecule has 0 bridgehead atoms. The van der Waals surface area contributed by atoms with Crippen LogP contribution in [0.1, 0.15) is 36.2 Å². The predicted molar refractivity (Wildman–Crippen MR) is 101 cm³/mol. The molecule has 0 aliphatic rings. The molecule has 2 aromatic carbocycles. The molecule has 0 aliphatic heterocycles. The first-order chi connectivity index (χ1) is 12.0. The molecule has 0 atom stereocenters. The molecule has 3 N–H and O–H groups in total. The average Bonchev–Trinajstić information content (AvgIpc) is 2.61. The highest BCUT2D eigenvalue weighted by atomic mass is 16.2. The third-order valence-corrected chi connectivity index (χ3v) is 4.06. The second-order valence-corrected chi connectivity index (χ2v) is 5.85. The van der Waals surface area contributed by atoms with Crippen LogP contribution >= 0.6 is 0 Å². The van der Waals surface area contributed by atoms with Gasteiger partial charge in [-0.15, -0.1) is 0 Å². The van der Waals surface area contributed by atoms with Crippen molar-refractivity contribution in [1.29, 1.82) is 0 Å². The monoisotopic (exact) mass is 339 g/mol. The molecule has 5 nitrogen and oxygen atoms in total. The van der Waals surface area contributed by atoms with Crippen LogP contribution in [0.25, 0.3) is 0 Å². The van der Waals surface area contributed by atoms with Crippen LogP contribution in [0.2, 0.25) is 0 Å². The van der Waals surface area contributed by atoms with Gasteiger partial charge in [0.25, 0.3) is 5.91 Å². The van der Waals surface area contributed by atoms with Gasteiger partial charge >= 0.3 is 0 Å². The number of nitrogens with zero attached hydrogens (tertiary/aromatic N) is 1. The number of anilines is 2. The van der Waals surface area contributed by atoms with E-state index in [9.17, 15) is 9.59 Å². The van der Waals surface area contributed by atoms with E-state index >= 15 is 0 Å². The van der Waals surface area contributed by atoms with Gasteiger partial charge in [-0.2, -0.15) is 0 Å². The topological polar surface area (TPSA) is 75.4 Å². The van der Waals surface area contributed by atoms with Crippen molar-refractivity contribution in [1.82, 2.24) is 4.90 Å². The summed E-state index contributed by atoms with van der Waals surface area (Å²) in [6.45, 7) is 5.27. The smallest absolute Gasteiger partial charge is 0.253 e. The molecule has 0 heterocycles. The van der Waals surface area contributed by atoms with Gasteiger partial charge in [0.05, 0.1) is 0 Å². The molecular weight excluding hydrogens is 314 g/mol. The molecule has 2 amide bonds. The zero-order valence-corrected chi connectivity index (χ0v) is 14.8. The van der Waals surface area contributed by atoms with Crippen molar-refractivity contribution in [3.63, 3.8) is 0 Å². The molecule has 5 heteroatoms. The van der Waals surface area contributed by atoms with Gasteiger partial charge in [-0.3, -0.25) is 9.59 Å². The molecule has 0 saturated heterocycles. The molecule has 0 fully saturated rings. The predicted octanol–water partition coefficient (Wildman–Crippen LogP) is 3.32. The molecule has 132 valence electrons. The summed E-state index contributed by atoms with van der Waals surface area (Å²) in [6.07, 6.45) is 1.01. The van der Waals surface area contributed by atoms with Crippen LogP contribution in [0.15, 0.2) is 48.5 Å². The number of carbonyl (C=O) groups excluding carboxylic acids is 2. The number of hydrogen-bond donors (Lipinski definition) is 2. The molecule has 0 aliphatic carbocycles. The highest BCUT2D eigenvalue weighted by Gasteiger charge is 2.12. The molecule has 2 aromatic rings. The van der Waals surface area contributed by atoms with E-state index in [4.69, 9.17) is 5.73 Å². The van der Waals surface area contributed by atoms with Gasteiger partial charge in [0.15, 0.2) is 0 Å². The maximum Gasteiger partial charge on any atom is 0.253 e. The zero-order chi connectivity index (χ0) is 18.2. The molecule has 0 aromatic heterocycles. The van der Waals surface area contributed by atoms with Gasteiger partial charge in [0.2, 0.25) is 5.91 Å². The summed E-state index contributed by atoms with van der Waals surface area (Å²) in [6, 6.07) is 14.5. The van der Waals surface area contributed by atoms with E-state index < -0.39 is 0 Å². The quantitative estimate of drug-likeness (QED) is 0.760. The Kier molecular flexibility index (Phi) is 6.57. The summed E-state index contributed by atoms with van der Waals surface area (Å²) < 4.78 is 0. The minimum Gasteiger partial charge on any atom is -0.399 e. The standard InChI is InChI=1S/C20H25N3O2/c1-3-23(4-2)20(25)16-9-11-18(12-10-16)22-19(24)13-8-15-6-5-7-17(21)14-15/h5-7,9-12,14H,3-4,8,13,21H2,1-2H3,(H,22,24). The van der Waals surface area contributed by atoms with Crippen LogP contribution < -0.4 is 11.1 Å². The number of hydrogen-bond acceptors (Lipinski definition) is 3. The molecule has 0 saturated carbocycles. The third-order valence-electron chi connectivity index (χ3n) is 4.06. The fourth-order valence-electron chi connectivity index (χ4n) is 2.62. The number of nitrogen functional groups attached to an aromatic ring is 1. The van der Waals surface area contributed by atoms with Crippen LogP contribution in [-0.2, 0) is 11.2 Å². The van der Waals surface area contributed by atoms with Gasteiger partial charge in [-0.25, -0.2) is 0 Å². The minimum absolute atomic E-state index is 0.00421. The van der Waals surface area contributed by atoms with Gasteiger partial charge in [0, 0.05) is 36.4 Å². The normalized spacial score (nSPS) is 10.3. The molecule has 0 spiro atoms. The van der Waals surface area contributed by atoms with Crippen molar-refractivity contribution in [2.75, 3.05) is 24.1 Å². The van der Waals surface area contributed by atoms with Gasteiger partial charge in [-0.1, -0.05) is 12.1 Å². The lowest BCUT2D eigenvalue weighted by Crippen LogP contribution is -2.30. The van der Waals surface area contributed by atoms with E-state index in [1.807, 2.05) is 38.1 Å². The van der Waals surface area contributed by atoms with E-state index in [0.717, 1.165) is 5.56 Å². The Morgan fingerprint density at radius 2 is 1.72 bits per heavy atom. The lowest BCUT2D eigenvalue weighted by Gasteiger charge is -2.18. The summed E-state index contributed by atoms with van der Waals surface area (Å²) in [5.41, 5.74) is 8.79. The highest BCUT2D eigenvalue weighted by molar-refractivity contribution is 5.95. The third kappa shape index (κ3) is 5.35. The van der Waals surface area contributed by atoms with Crippen molar-refractivity contribution in [2.24, 2.45) is 0 Å². The summed E-state index contributed by atoms with van der Waals surface area (Å²) in [5.74, 6) is -0.0604. The molecule has 25 heavy (non-hydrogen) atoms. The average molecular weight is 339 g/mol. The van der Waals surface area contributed by atoms with Crippen molar-refractivity contribution in [2.45, 2.75) is 26.7 Å². The summed E-state index contributed by atoms with van der Waals surface area (Å²) >= 11 is 0. The van der Waals surface area contributed by atoms with Gasteiger partial charge in [0.1, 0.15) is 0 Å². The number of aryl methyl sites for hydroxylation is 1. The number of carbonyl (C=O) groups is 2. The van der Waals surface area contributed by atoms with Crippen molar-refractivity contribution < 1.29 is 9.59 Å². The van der Waals surface area contributed by atoms with Crippen molar-refractivity contribution in [3.8, 4) is 0 Å². The highest BCUT2D eigenvalue weighted by Crippen LogP contribution is 2.13. The fraction of sp³-hybridized carbons (Fsp3) is 0.300. The number of amides is 2. The SMILES string of the molecule is CCN(CC)C(=O)c1ccc(NC(=O)CCc2cccc(N)c2)cc1. The maximum absolute atomic E-state index is 12.3. The maximum atomic E-state index is 12.3. The minimum atomic E-state index is -0.0646. The van der Waals surface area contributed by atoms with E-state index in [0.29, 0.717) is 42.9 Å². The second kappa shape index (κ2) is 8.87. The number of benzene rings is 2. The number of rotatable bonds is 7. The van der Waals surface area contributed by atoms with Crippen molar-refractivity contribution >= 4 is 23.2 Å². The van der Waals surface area contributed by atoms with Gasteiger partial charge in [-0.05, 0) is 62.2 Å². The first-order valence-electron chi connectivity index (χ1n) is 8.57. The first kappa shape index (κ1) is 18.5. The second-order valence-electron chi connectivity index (χ2n) is 5.85. The molecule has 0 unspecified atom stereocenters. The van der Waals surface area contributed by atoms with E-state index in [-0.39, 0.29) is 11.8 Å². The van der Waals surface area contributed by atoms with E-state index in [2.05, 4.69) is 5.32 Å². The van der Waals surface area contributed by atoms with Gasteiger partial charge < -0.3 is 16.0 Å². The van der Waals surface area contributed by atoms with Crippen LogP contribution in [0, 0.1) is 0 Å². The Labute approximate surface area is 148 Å². The van der Waals surface area contributed by atoms with Crippen molar-refractivity contribution in [3.05, 3.63) is 59.7 Å². The first-order valence-corrected chi connectivity index (χ1v) is 8.57. The fourth-order valence-corrected chi connectivity index (χ4v) is 2.62. The Hall–Kier alpha value is -2.82. The molecule has 2 rings (SSSR count). The summed E-state index contributed by atoms with van der Waals surface area (Å²) in [5, 5.41) is 2.86. The van der Waals surface area contributed by atoms with Crippen LogP contribution in [0.5, 0.6) is 0 Å².